The van der Waals surface area contributed by atoms with Gasteiger partial charge in [0, 0.05) is 5.56 Å². The van der Waals surface area contributed by atoms with Crippen LogP contribution < -0.4 is 4.74 Å². The highest BCUT2D eigenvalue weighted by Gasteiger charge is 2.26. The average Bonchev–Trinajstić information content (AvgIpc) is 2.46. The van der Waals surface area contributed by atoms with Crippen LogP contribution in [-0.4, -0.2) is 9.97 Å². The normalized spacial score (nSPS) is 16.6. The van der Waals surface area contributed by atoms with Gasteiger partial charge in [-0.05, 0) is 40.2 Å². The first-order valence-corrected chi connectivity index (χ1v) is 6.91. The van der Waals surface area contributed by atoms with Crippen molar-refractivity contribution >= 4 is 27.0 Å². The summed E-state index contributed by atoms with van der Waals surface area (Å²) < 4.78 is 5.82. The van der Waals surface area contributed by atoms with Crippen LogP contribution in [0.5, 0.6) is 5.75 Å². The molecular weight excluding hydrogens is 304 g/mol. The van der Waals surface area contributed by atoms with Gasteiger partial charge in [-0.1, -0.05) is 24.3 Å². The number of nitrogens with zero attached hydrogens (tertiary/aromatic N) is 2. The molecule has 3 aromatic rings. The molecule has 0 amide bonds. The van der Waals surface area contributed by atoms with Crippen LogP contribution >= 0.6 is 15.9 Å². The summed E-state index contributed by atoms with van der Waals surface area (Å²) in [6.45, 7) is 0. The van der Waals surface area contributed by atoms with Crippen LogP contribution in [0, 0.1) is 0 Å². The maximum absolute atomic E-state index is 5.82. The molecule has 0 fully saturated rings. The number of hydrogen-bond acceptors (Lipinski definition) is 3. The van der Waals surface area contributed by atoms with E-state index in [0.29, 0.717) is 0 Å². The van der Waals surface area contributed by atoms with Crippen LogP contribution in [0.3, 0.4) is 0 Å². The van der Waals surface area contributed by atoms with E-state index >= 15 is 0 Å². The Morgan fingerprint density at radius 3 is 2.42 bits per heavy atom. The lowest BCUT2D eigenvalue weighted by Gasteiger charge is -2.23. The van der Waals surface area contributed by atoms with Gasteiger partial charge in [0.25, 0.3) is 0 Å². The van der Waals surface area contributed by atoms with E-state index in [2.05, 4.69) is 20.9 Å². The minimum atomic E-state index is -0.255. The molecule has 1 aliphatic heterocycles. The van der Waals surface area contributed by atoms with Crippen molar-refractivity contribution in [1.29, 1.82) is 0 Å². The van der Waals surface area contributed by atoms with Crippen molar-refractivity contribution in [2.75, 3.05) is 0 Å². The van der Waals surface area contributed by atoms with Crippen molar-refractivity contribution < 1.29 is 4.74 Å². The summed E-state index contributed by atoms with van der Waals surface area (Å²) >= 11 is 3.52. The molecule has 2 heterocycles. The second kappa shape index (κ2) is 4.03. The SMILES string of the molecule is BrC1Oc2ccccc2-c2nc3ccccc3nc21. The first-order valence-electron chi connectivity index (χ1n) is 6.00. The summed E-state index contributed by atoms with van der Waals surface area (Å²) in [7, 11) is 0. The molecule has 0 bridgehead atoms. The van der Waals surface area contributed by atoms with Crippen molar-refractivity contribution in [1.82, 2.24) is 9.97 Å². The summed E-state index contributed by atoms with van der Waals surface area (Å²) in [6.07, 6.45) is 0. The highest BCUT2D eigenvalue weighted by Crippen LogP contribution is 2.42. The first kappa shape index (κ1) is 10.9. The summed E-state index contributed by atoms with van der Waals surface area (Å²) in [5, 5.41) is -0.255. The minimum Gasteiger partial charge on any atom is -0.472 e. The molecule has 0 saturated carbocycles. The average molecular weight is 313 g/mol. The van der Waals surface area contributed by atoms with Crippen molar-refractivity contribution in [2.24, 2.45) is 0 Å². The lowest BCUT2D eigenvalue weighted by molar-refractivity contribution is 0.292. The topological polar surface area (TPSA) is 35.0 Å². The third-order valence-electron chi connectivity index (χ3n) is 3.19. The predicted octanol–water partition coefficient (Wildman–Crippen LogP) is 4.08. The zero-order valence-corrected chi connectivity index (χ0v) is 11.5. The molecular formula is C15H9BrN2O. The van der Waals surface area contributed by atoms with E-state index in [9.17, 15) is 0 Å². The second-order valence-electron chi connectivity index (χ2n) is 4.38. The monoisotopic (exact) mass is 312 g/mol. The third-order valence-corrected chi connectivity index (χ3v) is 3.81. The molecule has 0 saturated heterocycles. The Labute approximate surface area is 118 Å². The maximum Gasteiger partial charge on any atom is 0.197 e. The standard InChI is InChI=1S/C15H9BrN2O/c16-15-14-13(9-5-1-4-8-12(9)19-15)17-10-6-2-3-7-11(10)18-14/h1-8,15H. The summed E-state index contributed by atoms with van der Waals surface area (Å²) in [5.41, 5.74) is 4.50. The Morgan fingerprint density at radius 2 is 1.58 bits per heavy atom. The van der Waals surface area contributed by atoms with Crippen LogP contribution in [0.2, 0.25) is 0 Å². The molecule has 0 aliphatic carbocycles. The Balaban J connectivity index is 2.08. The molecule has 1 aromatic heterocycles. The largest absolute Gasteiger partial charge is 0.472 e. The molecule has 4 heteroatoms. The van der Waals surface area contributed by atoms with Gasteiger partial charge in [-0.3, -0.25) is 0 Å². The second-order valence-corrected chi connectivity index (χ2v) is 5.21. The van der Waals surface area contributed by atoms with Crippen LogP contribution in [0.4, 0.5) is 0 Å². The number of hydrogen-bond donors (Lipinski definition) is 0. The number of ether oxygens (including phenoxy) is 1. The fourth-order valence-corrected chi connectivity index (χ4v) is 2.82. The Kier molecular flexibility index (Phi) is 2.32. The number of benzene rings is 2. The van der Waals surface area contributed by atoms with E-state index < -0.39 is 0 Å². The highest BCUT2D eigenvalue weighted by atomic mass is 79.9. The molecule has 92 valence electrons. The van der Waals surface area contributed by atoms with Crippen LogP contribution in [-0.2, 0) is 0 Å². The van der Waals surface area contributed by atoms with Crippen LogP contribution in [0.25, 0.3) is 22.3 Å². The highest BCUT2D eigenvalue weighted by molar-refractivity contribution is 9.09. The van der Waals surface area contributed by atoms with E-state index in [0.717, 1.165) is 33.7 Å². The Bertz CT molecular complexity index is 788. The Hall–Kier alpha value is -1.94. The molecule has 4 rings (SSSR count). The minimum absolute atomic E-state index is 0.255. The lowest BCUT2D eigenvalue weighted by atomic mass is 10.1. The molecule has 2 aromatic carbocycles. The molecule has 3 nitrogen and oxygen atoms in total. The van der Waals surface area contributed by atoms with Gasteiger partial charge >= 0.3 is 0 Å². The number of rotatable bonds is 0. The van der Waals surface area contributed by atoms with Gasteiger partial charge < -0.3 is 4.74 Å². The zero-order chi connectivity index (χ0) is 12.8. The van der Waals surface area contributed by atoms with Gasteiger partial charge in [-0.2, -0.15) is 0 Å². The Morgan fingerprint density at radius 1 is 0.895 bits per heavy atom. The van der Waals surface area contributed by atoms with Crippen molar-refractivity contribution in [3.8, 4) is 17.0 Å². The third kappa shape index (κ3) is 1.64. The number of alkyl halides is 1. The maximum atomic E-state index is 5.82. The summed E-state index contributed by atoms with van der Waals surface area (Å²) in [6, 6.07) is 15.8. The van der Waals surface area contributed by atoms with Crippen LogP contribution in [0.15, 0.2) is 48.5 Å². The van der Waals surface area contributed by atoms with Gasteiger partial charge in [0.2, 0.25) is 0 Å². The molecule has 1 unspecified atom stereocenters. The van der Waals surface area contributed by atoms with E-state index in [4.69, 9.17) is 9.72 Å². The van der Waals surface area contributed by atoms with Gasteiger partial charge in [0.15, 0.2) is 5.01 Å². The molecule has 0 N–H and O–H groups in total. The number of fused-ring (bicyclic) bond motifs is 4. The fourth-order valence-electron chi connectivity index (χ4n) is 2.30. The van der Waals surface area contributed by atoms with Gasteiger partial charge in [-0.15, -0.1) is 0 Å². The van der Waals surface area contributed by atoms with Crippen LogP contribution in [0.1, 0.15) is 10.7 Å². The summed E-state index contributed by atoms with van der Waals surface area (Å²) in [5.74, 6) is 0.835. The first-order chi connectivity index (χ1) is 9.33. The number of para-hydroxylation sites is 3. The molecule has 1 atom stereocenters. The van der Waals surface area contributed by atoms with Crippen molar-refractivity contribution in [2.45, 2.75) is 5.01 Å². The summed E-state index contributed by atoms with van der Waals surface area (Å²) in [4.78, 5) is 9.40. The van der Waals surface area contributed by atoms with E-state index in [-0.39, 0.29) is 5.01 Å². The quantitative estimate of drug-likeness (QED) is 0.587. The molecule has 0 spiro atoms. The smallest absolute Gasteiger partial charge is 0.197 e. The van der Waals surface area contributed by atoms with E-state index in [1.165, 1.54) is 0 Å². The van der Waals surface area contributed by atoms with E-state index in [1.54, 1.807) is 0 Å². The van der Waals surface area contributed by atoms with E-state index in [1.807, 2.05) is 48.5 Å². The molecule has 0 radical (unpaired) electrons. The van der Waals surface area contributed by atoms with Gasteiger partial charge in [-0.25, -0.2) is 9.97 Å². The van der Waals surface area contributed by atoms with Crippen molar-refractivity contribution in [3.05, 3.63) is 54.2 Å². The fraction of sp³-hybridized carbons (Fsp3) is 0.0667. The number of aromatic nitrogens is 2. The molecule has 1 aliphatic rings. The number of halogens is 1. The lowest BCUT2D eigenvalue weighted by Crippen LogP contribution is -2.12. The van der Waals surface area contributed by atoms with Gasteiger partial charge in [0.05, 0.1) is 11.0 Å². The molecule has 19 heavy (non-hydrogen) atoms. The predicted molar refractivity (Wildman–Crippen MR) is 77.3 cm³/mol. The van der Waals surface area contributed by atoms with Gasteiger partial charge in [0.1, 0.15) is 17.1 Å². The van der Waals surface area contributed by atoms with Crippen molar-refractivity contribution in [3.63, 3.8) is 0 Å². The zero-order valence-electron chi connectivity index (χ0n) is 9.88.